The van der Waals surface area contributed by atoms with Gasteiger partial charge in [-0.05, 0) is 42.0 Å². The first-order chi connectivity index (χ1) is 14.0. The van der Waals surface area contributed by atoms with Crippen molar-refractivity contribution in [3.8, 4) is 0 Å². The highest BCUT2D eigenvalue weighted by Gasteiger charge is 2.35. The summed E-state index contributed by atoms with van der Waals surface area (Å²) in [5.74, 6) is -1.51. The molecule has 3 aromatic rings. The highest BCUT2D eigenvalue weighted by Crippen LogP contribution is 2.42. The Balaban J connectivity index is 1.54. The molecule has 1 fully saturated rings. The van der Waals surface area contributed by atoms with Crippen molar-refractivity contribution in [1.82, 2.24) is 0 Å². The molecule has 1 atom stereocenters. The largest absolute Gasteiger partial charge is 0.322 e. The Labute approximate surface area is 170 Å². The van der Waals surface area contributed by atoms with Gasteiger partial charge in [0.25, 0.3) is 5.91 Å². The molecule has 1 aliphatic heterocycles. The number of carbonyl (C=O) groups excluding carboxylic acids is 2. The fourth-order valence-electron chi connectivity index (χ4n) is 3.15. The van der Waals surface area contributed by atoms with Gasteiger partial charge < -0.3 is 5.32 Å². The van der Waals surface area contributed by atoms with Gasteiger partial charge in [0.2, 0.25) is 5.91 Å². The van der Waals surface area contributed by atoms with Crippen LogP contribution in [0.2, 0.25) is 0 Å². The summed E-state index contributed by atoms with van der Waals surface area (Å²) < 4.78 is 28.0. The quantitative estimate of drug-likeness (QED) is 0.659. The zero-order valence-electron chi connectivity index (χ0n) is 15.1. The Hall–Kier alpha value is -3.19. The molecule has 1 saturated heterocycles. The van der Waals surface area contributed by atoms with Crippen LogP contribution in [0.1, 0.15) is 21.3 Å². The van der Waals surface area contributed by atoms with Crippen LogP contribution in [0.5, 0.6) is 0 Å². The van der Waals surface area contributed by atoms with E-state index in [-0.39, 0.29) is 28.3 Å². The van der Waals surface area contributed by atoms with Gasteiger partial charge in [0.05, 0.1) is 17.0 Å². The summed E-state index contributed by atoms with van der Waals surface area (Å²) in [6.45, 7) is 0. The van der Waals surface area contributed by atoms with Crippen LogP contribution in [0.15, 0.2) is 72.8 Å². The van der Waals surface area contributed by atoms with Crippen LogP contribution in [0.25, 0.3) is 0 Å². The van der Waals surface area contributed by atoms with Crippen LogP contribution in [0, 0.1) is 11.6 Å². The monoisotopic (exact) mass is 410 g/mol. The molecule has 1 heterocycles. The third kappa shape index (κ3) is 3.86. The molecule has 29 heavy (non-hydrogen) atoms. The van der Waals surface area contributed by atoms with Crippen molar-refractivity contribution in [1.29, 1.82) is 0 Å². The summed E-state index contributed by atoms with van der Waals surface area (Å²) in [5, 5.41) is 2.29. The summed E-state index contributed by atoms with van der Waals surface area (Å²) in [6.07, 6.45) is 0. The van der Waals surface area contributed by atoms with Gasteiger partial charge in [0, 0.05) is 5.69 Å². The first kappa shape index (κ1) is 19.1. The van der Waals surface area contributed by atoms with Crippen LogP contribution >= 0.6 is 11.8 Å². The maximum atomic E-state index is 14.2. The molecule has 1 N–H and O–H groups in total. The minimum Gasteiger partial charge on any atom is -0.322 e. The van der Waals surface area contributed by atoms with E-state index in [9.17, 15) is 18.4 Å². The van der Waals surface area contributed by atoms with Gasteiger partial charge in [-0.2, -0.15) is 0 Å². The number of nitrogens with zero attached hydrogens (tertiary/aromatic N) is 1. The zero-order valence-corrected chi connectivity index (χ0v) is 16.0. The van der Waals surface area contributed by atoms with Gasteiger partial charge in [-0.1, -0.05) is 36.4 Å². The number of hydrogen-bond acceptors (Lipinski definition) is 3. The van der Waals surface area contributed by atoms with Crippen molar-refractivity contribution in [2.45, 2.75) is 5.37 Å². The van der Waals surface area contributed by atoms with Crippen molar-refractivity contribution in [2.75, 3.05) is 16.0 Å². The van der Waals surface area contributed by atoms with Crippen LogP contribution < -0.4 is 10.2 Å². The SMILES string of the molecule is O=C(Nc1ccc([C@H]2SCC(=O)N2c2ccccc2F)cc1)c1ccccc1F. The molecule has 0 unspecified atom stereocenters. The van der Waals surface area contributed by atoms with Gasteiger partial charge in [-0.15, -0.1) is 11.8 Å². The standard InChI is InChI=1S/C22H16F2N2O2S/c23-17-6-2-1-5-16(17)21(28)25-15-11-9-14(10-12-15)22-26(20(27)13-29-22)19-8-4-3-7-18(19)24/h1-12,22H,13H2,(H,25,28)/t22-/m1/s1. The number of anilines is 2. The average Bonchev–Trinajstić information content (AvgIpc) is 3.10. The number of para-hydroxylation sites is 1. The summed E-state index contributed by atoms with van der Waals surface area (Å²) in [4.78, 5) is 26.1. The molecule has 1 aliphatic rings. The Morgan fingerprint density at radius 3 is 2.28 bits per heavy atom. The lowest BCUT2D eigenvalue weighted by atomic mass is 10.1. The molecule has 146 valence electrons. The molecule has 0 radical (unpaired) electrons. The number of benzene rings is 3. The van der Waals surface area contributed by atoms with E-state index in [0.29, 0.717) is 5.69 Å². The highest BCUT2D eigenvalue weighted by atomic mass is 32.2. The van der Waals surface area contributed by atoms with Crippen molar-refractivity contribution in [2.24, 2.45) is 0 Å². The molecule has 4 nitrogen and oxygen atoms in total. The molecular weight excluding hydrogens is 394 g/mol. The maximum absolute atomic E-state index is 14.2. The Morgan fingerprint density at radius 2 is 1.59 bits per heavy atom. The Morgan fingerprint density at radius 1 is 0.931 bits per heavy atom. The molecule has 0 aliphatic carbocycles. The average molecular weight is 410 g/mol. The van der Waals surface area contributed by atoms with Crippen molar-refractivity contribution in [3.63, 3.8) is 0 Å². The third-order valence-corrected chi connectivity index (χ3v) is 5.76. The second-order valence-electron chi connectivity index (χ2n) is 6.43. The minimum absolute atomic E-state index is 0.0424. The third-order valence-electron chi connectivity index (χ3n) is 4.55. The number of carbonyl (C=O) groups is 2. The molecule has 7 heteroatoms. The van der Waals surface area contributed by atoms with Crippen molar-refractivity contribution in [3.05, 3.63) is 95.6 Å². The number of thioether (sulfide) groups is 1. The van der Waals surface area contributed by atoms with Crippen LogP contribution in [-0.2, 0) is 4.79 Å². The molecule has 3 aromatic carbocycles. The summed E-state index contributed by atoms with van der Waals surface area (Å²) in [5.41, 5.74) is 1.49. The summed E-state index contributed by atoms with van der Waals surface area (Å²) in [6, 6.07) is 18.8. The molecule has 0 bridgehead atoms. The van der Waals surface area contributed by atoms with Gasteiger partial charge >= 0.3 is 0 Å². The molecule has 0 saturated carbocycles. The predicted molar refractivity (Wildman–Crippen MR) is 110 cm³/mol. The van der Waals surface area contributed by atoms with Gasteiger partial charge in [-0.3, -0.25) is 14.5 Å². The van der Waals surface area contributed by atoms with E-state index in [1.807, 2.05) is 0 Å². The summed E-state index contributed by atoms with van der Waals surface area (Å²) in [7, 11) is 0. The lowest BCUT2D eigenvalue weighted by Crippen LogP contribution is -2.28. The van der Waals surface area contributed by atoms with E-state index in [0.717, 1.165) is 5.56 Å². The highest BCUT2D eigenvalue weighted by molar-refractivity contribution is 8.00. The minimum atomic E-state index is -0.594. The number of amides is 2. The van der Waals surface area contributed by atoms with Crippen molar-refractivity contribution < 1.29 is 18.4 Å². The van der Waals surface area contributed by atoms with E-state index in [4.69, 9.17) is 0 Å². The lowest BCUT2D eigenvalue weighted by molar-refractivity contribution is -0.115. The molecular formula is C22H16F2N2O2S. The van der Waals surface area contributed by atoms with Crippen LogP contribution in [0.4, 0.5) is 20.2 Å². The Kier molecular flexibility index (Phi) is 5.31. The van der Waals surface area contributed by atoms with Gasteiger partial charge in [-0.25, -0.2) is 8.78 Å². The molecule has 0 spiro atoms. The second-order valence-corrected chi connectivity index (χ2v) is 7.50. The Bertz CT molecular complexity index is 1070. The fraction of sp³-hybridized carbons (Fsp3) is 0.0909. The maximum Gasteiger partial charge on any atom is 0.258 e. The van der Waals surface area contributed by atoms with E-state index in [1.54, 1.807) is 48.5 Å². The molecule has 0 aromatic heterocycles. The van der Waals surface area contributed by atoms with Gasteiger partial charge in [0.1, 0.15) is 17.0 Å². The van der Waals surface area contributed by atoms with E-state index >= 15 is 0 Å². The second kappa shape index (κ2) is 8.05. The van der Waals surface area contributed by atoms with E-state index in [2.05, 4.69) is 5.32 Å². The topological polar surface area (TPSA) is 49.4 Å². The number of rotatable bonds is 4. The smallest absolute Gasteiger partial charge is 0.258 e. The number of halogens is 2. The first-order valence-corrected chi connectivity index (χ1v) is 9.93. The predicted octanol–water partition coefficient (Wildman–Crippen LogP) is 5.00. The summed E-state index contributed by atoms with van der Waals surface area (Å²) >= 11 is 1.41. The number of nitrogens with one attached hydrogen (secondary N) is 1. The number of hydrogen-bond donors (Lipinski definition) is 1. The molecule has 2 amide bonds. The van der Waals surface area contributed by atoms with Crippen LogP contribution in [0.3, 0.4) is 0 Å². The van der Waals surface area contributed by atoms with Crippen molar-refractivity contribution >= 4 is 35.0 Å². The zero-order chi connectivity index (χ0) is 20.4. The fourth-order valence-corrected chi connectivity index (χ4v) is 4.32. The van der Waals surface area contributed by atoms with Crippen LogP contribution in [-0.4, -0.2) is 17.6 Å². The van der Waals surface area contributed by atoms with Gasteiger partial charge in [0.15, 0.2) is 0 Å². The lowest BCUT2D eigenvalue weighted by Gasteiger charge is -2.24. The molecule has 4 rings (SSSR count). The normalized spacial score (nSPS) is 16.1. The van der Waals surface area contributed by atoms with E-state index < -0.39 is 17.5 Å². The van der Waals surface area contributed by atoms with E-state index in [1.165, 1.54) is 40.9 Å². The first-order valence-electron chi connectivity index (χ1n) is 8.88.